The number of aliphatic imine (C=N–C) groups is 2. The fraction of sp³-hybridized carbons (Fsp3) is 0.231. The van der Waals surface area contributed by atoms with Gasteiger partial charge in [-0.15, -0.1) is 0 Å². The lowest BCUT2D eigenvalue weighted by atomic mass is 10.2. The van der Waals surface area contributed by atoms with Crippen LogP contribution >= 0.6 is 0 Å². The van der Waals surface area contributed by atoms with Gasteiger partial charge in [-0.25, -0.2) is 9.38 Å². The summed E-state index contributed by atoms with van der Waals surface area (Å²) in [4.78, 5) is 7.53. The van der Waals surface area contributed by atoms with Crippen LogP contribution in [0.15, 0.2) is 33.6 Å². The molecule has 1 aromatic rings. The number of anilines is 1. The second-order valence-electron chi connectivity index (χ2n) is 3.98. The van der Waals surface area contributed by atoms with E-state index in [-0.39, 0.29) is 23.2 Å². The standard InChI is InChI=1S/C13H18FN5O2/c1-7(15)12(16)19-13(17-2)18-9-5-8(20-3)6-10(21-4)11(9)14/h5-6H,2,15-16H2,1,3-4H3,(H,18,19)/b12-7+. The van der Waals surface area contributed by atoms with E-state index < -0.39 is 5.82 Å². The topological polar surface area (TPSA) is 107 Å². The highest BCUT2D eigenvalue weighted by Crippen LogP contribution is 2.30. The van der Waals surface area contributed by atoms with Gasteiger partial charge >= 0.3 is 0 Å². The molecule has 0 aromatic heterocycles. The number of allylic oxidation sites excluding steroid dienone is 1. The monoisotopic (exact) mass is 295 g/mol. The van der Waals surface area contributed by atoms with Crippen molar-refractivity contribution in [1.29, 1.82) is 0 Å². The molecule has 1 rings (SSSR count). The quantitative estimate of drug-likeness (QED) is 0.575. The maximum absolute atomic E-state index is 14.2. The van der Waals surface area contributed by atoms with E-state index in [1.54, 1.807) is 6.92 Å². The molecule has 0 saturated heterocycles. The van der Waals surface area contributed by atoms with Gasteiger partial charge in [0, 0.05) is 17.8 Å². The fourth-order valence-electron chi connectivity index (χ4n) is 1.36. The van der Waals surface area contributed by atoms with Crippen LogP contribution in [0.4, 0.5) is 10.1 Å². The predicted octanol–water partition coefficient (Wildman–Crippen LogP) is 1.42. The third kappa shape index (κ3) is 4.10. The summed E-state index contributed by atoms with van der Waals surface area (Å²) in [5.41, 5.74) is 11.5. The van der Waals surface area contributed by atoms with Crippen molar-refractivity contribution in [3.05, 3.63) is 29.5 Å². The molecule has 0 aliphatic rings. The van der Waals surface area contributed by atoms with Crippen LogP contribution in [0.1, 0.15) is 6.92 Å². The van der Waals surface area contributed by atoms with Crippen LogP contribution in [0.25, 0.3) is 0 Å². The Bertz CT molecular complexity index is 594. The zero-order chi connectivity index (χ0) is 16.0. The zero-order valence-corrected chi connectivity index (χ0v) is 12.1. The molecule has 0 atom stereocenters. The SMILES string of the molecule is C=N/C(=N\C(N)=C(/C)N)Nc1cc(OC)cc(OC)c1F. The Balaban J connectivity index is 3.22. The van der Waals surface area contributed by atoms with Gasteiger partial charge in [0.1, 0.15) is 11.6 Å². The Morgan fingerprint density at radius 1 is 1.29 bits per heavy atom. The van der Waals surface area contributed by atoms with Crippen LogP contribution in [0.2, 0.25) is 0 Å². The van der Waals surface area contributed by atoms with Crippen molar-refractivity contribution in [1.82, 2.24) is 0 Å². The van der Waals surface area contributed by atoms with Gasteiger partial charge in [0.15, 0.2) is 11.6 Å². The number of nitrogens with two attached hydrogens (primary N) is 2. The van der Waals surface area contributed by atoms with Crippen LogP contribution in [-0.4, -0.2) is 26.9 Å². The number of rotatable bonds is 4. The predicted molar refractivity (Wildman–Crippen MR) is 81.2 cm³/mol. The minimum absolute atomic E-state index is 0.00786. The van der Waals surface area contributed by atoms with Crippen LogP contribution in [-0.2, 0) is 0 Å². The summed E-state index contributed by atoms with van der Waals surface area (Å²) < 4.78 is 24.1. The van der Waals surface area contributed by atoms with E-state index in [1.807, 2.05) is 0 Å². The van der Waals surface area contributed by atoms with Crippen molar-refractivity contribution in [3.8, 4) is 11.5 Å². The summed E-state index contributed by atoms with van der Waals surface area (Å²) in [6.45, 7) is 4.92. The molecule has 0 fully saturated rings. The van der Waals surface area contributed by atoms with Gasteiger partial charge in [0.2, 0.25) is 5.96 Å². The van der Waals surface area contributed by atoms with Gasteiger partial charge in [-0.1, -0.05) is 0 Å². The molecule has 0 radical (unpaired) electrons. The molecule has 0 aliphatic carbocycles. The van der Waals surface area contributed by atoms with E-state index in [9.17, 15) is 4.39 Å². The molecule has 0 unspecified atom stereocenters. The normalized spacial score (nSPS) is 12.5. The average Bonchev–Trinajstić information content (AvgIpc) is 2.47. The summed E-state index contributed by atoms with van der Waals surface area (Å²) in [5.74, 6) is -0.162. The van der Waals surface area contributed by atoms with Crippen molar-refractivity contribution in [2.45, 2.75) is 6.92 Å². The van der Waals surface area contributed by atoms with Gasteiger partial charge in [-0.3, -0.25) is 0 Å². The Kier molecular flexibility index (Phi) is 5.53. The summed E-state index contributed by atoms with van der Waals surface area (Å²) in [7, 11) is 2.80. The molecule has 1 aromatic carbocycles. The van der Waals surface area contributed by atoms with Crippen LogP contribution in [0, 0.1) is 5.82 Å². The number of nitrogens with one attached hydrogen (secondary N) is 1. The minimum atomic E-state index is -0.623. The second kappa shape index (κ2) is 7.13. The van der Waals surface area contributed by atoms with E-state index in [1.165, 1.54) is 26.4 Å². The van der Waals surface area contributed by atoms with Gasteiger partial charge < -0.3 is 26.3 Å². The number of ether oxygens (including phenoxy) is 2. The number of benzene rings is 1. The smallest absolute Gasteiger partial charge is 0.228 e. The highest BCUT2D eigenvalue weighted by atomic mass is 19.1. The van der Waals surface area contributed by atoms with E-state index in [0.29, 0.717) is 11.4 Å². The molecule has 0 spiro atoms. The average molecular weight is 295 g/mol. The first kappa shape index (κ1) is 16.3. The molecule has 0 saturated carbocycles. The van der Waals surface area contributed by atoms with Crippen molar-refractivity contribution < 1.29 is 13.9 Å². The van der Waals surface area contributed by atoms with Gasteiger partial charge in [-0.05, 0) is 13.6 Å². The maximum Gasteiger partial charge on any atom is 0.228 e. The van der Waals surface area contributed by atoms with Crippen molar-refractivity contribution in [2.75, 3.05) is 19.5 Å². The Labute approximate surface area is 122 Å². The van der Waals surface area contributed by atoms with Gasteiger partial charge in [-0.2, -0.15) is 4.99 Å². The van der Waals surface area contributed by atoms with Crippen molar-refractivity contribution in [3.63, 3.8) is 0 Å². The molecule has 0 aliphatic heterocycles. The highest BCUT2D eigenvalue weighted by molar-refractivity contribution is 5.97. The number of hydrogen-bond acceptors (Lipinski definition) is 5. The molecule has 5 N–H and O–H groups in total. The first-order valence-corrected chi connectivity index (χ1v) is 5.88. The van der Waals surface area contributed by atoms with Gasteiger partial charge in [0.25, 0.3) is 0 Å². The molecule has 7 nitrogen and oxygen atoms in total. The Hall–Kier alpha value is -2.77. The number of guanidine groups is 1. The maximum atomic E-state index is 14.2. The molecule has 8 heteroatoms. The van der Waals surface area contributed by atoms with E-state index in [0.717, 1.165) is 0 Å². The lowest BCUT2D eigenvalue weighted by molar-refractivity contribution is 0.375. The minimum Gasteiger partial charge on any atom is -0.497 e. The molecule has 0 heterocycles. The number of hydrogen-bond donors (Lipinski definition) is 3. The molecule has 21 heavy (non-hydrogen) atoms. The highest BCUT2D eigenvalue weighted by Gasteiger charge is 2.13. The van der Waals surface area contributed by atoms with Crippen molar-refractivity contribution >= 4 is 18.4 Å². The van der Waals surface area contributed by atoms with E-state index in [2.05, 4.69) is 22.0 Å². The molecule has 0 bridgehead atoms. The fourth-order valence-corrected chi connectivity index (χ4v) is 1.36. The second-order valence-corrected chi connectivity index (χ2v) is 3.98. The lowest BCUT2D eigenvalue weighted by Crippen LogP contribution is -2.14. The number of methoxy groups -OCH3 is 2. The molecule has 0 amide bonds. The third-order valence-corrected chi connectivity index (χ3v) is 2.49. The lowest BCUT2D eigenvalue weighted by Gasteiger charge is -2.12. The molecular formula is C13H18FN5O2. The Morgan fingerprint density at radius 2 is 1.95 bits per heavy atom. The van der Waals surface area contributed by atoms with E-state index >= 15 is 0 Å². The largest absolute Gasteiger partial charge is 0.497 e. The number of halogens is 1. The first-order valence-electron chi connectivity index (χ1n) is 5.88. The summed E-state index contributed by atoms with van der Waals surface area (Å²) in [5, 5.41) is 2.65. The molecular weight excluding hydrogens is 277 g/mol. The summed E-state index contributed by atoms with van der Waals surface area (Å²) in [6, 6.07) is 2.84. The molecule has 114 valence electrons. The third-order valence-electron chi connectivity index (χ3n) is 2.49. The van der Waals surface area contributed by atoms with E-state index in [4.69, 9.17) is 20.9 Å². The van der Waals surface area contributed by atoms with Crippen LogP contribution < -0.4 is 26.3 Å². The number of nitrogens with zero attached hydrogens (tertiary/aromatic N) is 2. The van der Waals surface area contributed by atoms with Crippen LogP contribution in [0.3, 0.4) is 0 Å². The summed E-state index contributed by atoms with van der Waals surface area (Å²) >= 11 is 0. The summed E-state index contributed by atoms with van der Waals surface area (Å²) in [6.07, 6.45) is 0. The Morgan fingerprint density at radius 3 is 2.43 bits per heavy atom. The van der Waals surface area contributed by atoms with Gasteiger partial charge in [0.05, 0.1) is 19.9 Å². The van der Waals surface area contributed by atoms with Crippen molar-refractivity contribution in [2.24, 2.45) is 21.5 Å². The first-order chi connectivity index (χ1) is 9.92. The zero-order valence-electron chi connectivity index (χ0n) is 12.1. The van der Waals surface area contributed by atoms with Crippen LogP contribution in [0.5, 0.6) is 11.5 Å².